The summed E-state index contributed by atoms with van der Waals surface area (Å²) in [6.45, 7) is 12.0. The molecule has 1 aromatic heterocycles. The van der Waals surface area contributed by atoms with Crippen molar-refractivity contribution in [3.8, 4) is 0 Å². The summed E-state index contributed by atoms with van der Waals surface area (Å²) in [5, 5.41) is 12.1. The van der Waals surface area contributed by atoms with Crippen molar-refractivity contribution in [1.82, 2.24) is 19.3 Å². The third-order valence-electron chi connectivity index (χ3n) is 6.92. The minimum Gasteiger partial charge on any atom is -0.390 e. The zero-order valence-corrected chi connectivity index (χ0v) is 18.3. The number of likely N-dealkylation sites (N-methyl/N-ethyl adjacent to an activating group) is 1. The Morgan fingerprint density at radius 1 is 0.931 bits per heavy atom. The molecule has 3 heterocycles. The Morgan fingerprint density at radius 2 is 1.66 bits per heavy atom. The highest BCUT2D eigenvalue weighted by Crippen LogP contribution is 2.27. The van der Waals surface area contributed by atoms with Crippen molar-refractivity contribution in [3.63, 3.8) is 0 Å². The number of para-hydroxylation sites is 1. The number of rotatable bonds is 8. The molecule has 1 atom stereocenters. The molecule has 2 aliphatic rings. The molecule has 1 N–H and O–H groups in total. The number of β-amino-alcohol motifs (C(OH)–C–C–N with tert-alkyl or cyclic N) is 1. The Bertz CT molecular complexity index is 788. The lowest BCUT2D eigenvalue weighted by atomic mass is 10.1. The average molecular weight is 399 g/mol. The first-order chi connectivity index (χ1) is 14.1. The average Bonchev–Trinajstić information content (AvgIpc) is 3.31. The fourth-order valence-electron chi connectivity index (χ4n) is 5.14. The summed E-state index contributed by atoms with van der Waals surface area (Å²) in [6.07, 6.45) is 4.56. The number of benzene rings is 1. The second-order valence-electron chi connectivity index (χ2n) is 9.10. The number of aliphatic hydroxyl groups excluding tert-OH is 1. The number of aromatic nitrogens is 1. The van der Waals surface area contributed by atoms with Gasteiger partial charge >= 0.3 is 0 Å². The maximum Gasteiger partial charge on any atom is 0.0845 e. The van der Waals surface area contributed by atoms with Crippen molar-refractivity contribution in [2.24, 2.45) is 0 Å². The first-order valence-electron chi connectivity index (χ1n) is 11.5. The van der Waals surface area contributed by atoms with E-state index >= 15 is 0 Å². The first-order valence-corrected chi connectivity index (χ1v) is 11.5. The molecule has 1 unspecified atom stereocenters. The Kier molecular flexibility index (Phi) is 6.91. The van der Waals surface area contributed by atoms with E-state index in [1.807, 2.05) is 0 Å². The molecule has 29 heavy (non-hydrogen) atoms. The molecule has 1 aromatic carbocycles. The highest BCUT2D eigenvalue weighted by atomic mass is 16.3. The van der Waals surface area contributed by atoms with Gasteiger partial charge in [-0.2, -0.15) is 0 Å². The maximum atomic E-state index is 10.8. The van der Waals surface area contributed by atoms with Gasteiger partial charge in [0.05, 0.1) is 12.6 Å². The highest BCUT2D eigenvalue weighted by Gasteiger charge is 2.20. The maximum absolute atomic E-state index is 10.8. The van der Waals surface area contributed by atoms with Crippen molar-refractivity contribution < 1.29 is 5.11 Å². The molecule has 0 saturated carbocycles. The van der Waals surface area contributed by atoms with Crippen molar-refractivity contribution in [2.45, 2.75) is 45.3 Å². The van der Waals surface area contributed by atoms with Gasteiger partial charge in [0.15, 0.2) is 0 Å². The summed E-state index contributed by atoms with van der Waals surface area (Å²) in [6, 6.07) is 8.75. The number of hydrogen-bond donors (Lipinski definition) is 1. The molecular weight excluding hydrogens is 360 g/mol. The zero-order chi connectivity index (χ0) is 20.2. The molecule has 0 radical (unpaired) electrons. The van der Waals surface area contributed by atoms with E-state index in [1.54, 1.807) is 0 Å². The molecule has 5 heteroatoms. The predicted octanol–water partition coefficient (Wildman–Crippen LogP) is 2.59. The Hall–Kier alpha value is -1.40. The molecule has 0 aliphatic carbocycles. The third kappa shape index (κ3) is 5.02. The molecule has 5 nitrogen and oxygen atoms in total. The van der Waals surface area contributed by atoms with Gasteiger partial charge in [0.2, 0.25) is 0 Å². The van der Waals surface area contributed by atoms with Gasteiger partial charge in [-0.1, -0.05) is 18.2 Å². The first kappa shape index (κ1) is 20.9. The smallest absolute Gasteiger partial charge is 0.0845 e. The molecule has 2 aromatic rings. The molecule has 2 aliphatic heterocycles. The van der Waals surface area contributed by atoms with E-state index in [1.165, 1.54) is 74.1 Å². The third-order valence-corrected chi connectivity index (χ3v) is 6.92. The molecule has 4 rings (SSSR count). The van der Waals surface area contributed by atoms with Gasteiger partial charge in [-0.25, -0.2) is 0 Å². The summed E-state index contributed by atoms with van der Waals surface area (Å²) in [7, 11) is 2.22. The Labute approximate surface area is 175 Å². The van der Waals surface area contributed by atoms with E-state index in [0.29, 0.717) is 6.54 Å². The minimum atomic E-state index is -0.305. The standard InChI is InChI=1S/C24H38N4O/c1-20-22(9-7-13-26-16-14-25(2)15-17-26)23-8-3-4-10-24(23)28(20)19-21(29)18-27-11-5-6-12-27/h3-4,8,10,21,29H,5-7,9,11-19H2,1-2H3. The lowest BCUT2D eigenvalue weighted by Gasteiger charge is -2.32. The number of piperazine rings is 1. The number of aliphatic hydroxyl groups is 1. The number of hydrogen-bond acceptors (Lipinski definition) is 4. The van der Waals surface area contributed by atoms with Gasteiger partial charge < -0.3 is 24.4 Å². The summed E-state index contributed by atoms with van der Waals surface area (Å²) >= 11 is 0. The molecule has 2 saturated heterocycles. The number of nitrogens with zero attached hydrogens (tertiary/aromatic N) is 4. The van der Waals surface area contributed by atoms with Crippen LogP contribution in [0.3, 0.4) is 0 Å². The fraction of sp³-hybridized carbons (Fsp3) is 0.667. The van der Waals surface area contributed by atoms with Crippen LogP contribution >= 0.6 is 0 Å². The molecule has 0 bridgehead atoms. The van der Waals surface area contributed by atoms with Gasteiger partial charge in [-0.15, -0.1) is 0 Å². The summed E-state index contributed by atoms with van der Waals surface area (Å²) < 4.78 is 2.36. The summed E-state index contributed by atoms with van der Waals surface area (Å²) in [5.41, 5.74) is 4.09. The second kappa shape index (κ2) is 9.61. The lowest BCUT2D eigenvalue weighted by molar-refractivity contribution is 0.110. The summed E-state index contributed by atoms with van der Waals surface area (Å²) in [4.78, 5) is 7.43. The van der Waals surface area contributed by atoms with E-state index in [-0.39, 0.29) is 6.10 Å². The van der Waals surface area contributed by atoms with Crippen LogP contribution in [0, 0.1) is 6.92 Å². The van der Waals surface area contributed by atoms with Crippen LogP contribution in [0.4, 0.5) is 0 Å². The lowest BCUT2D eigenvalue weighted by Crippen LogP contribution is -2.44. The predicted molar refractivity (Wildman–Crippen MR) is 121 cm³/mol. The van der Waals surface area contributed by atoms with Crippen LogP contribution in [-0.4, -0.2) is 89.9 Å². The molecule has 0 amide bonds. The van der Waals surface area contributed by atoms with Crippen molar-refractivity contribution in [2.75, 3.05) is 59.4 Å². The van der Waals surface area contributed by atoms with Gasteiger partial charge in [0.1, 0.15) is 0 Å². The zero-order valence-electron chi connectivity index (χ0n) is 18.3. The molecule has 2 fully saturated rings. The van der Waals surface area contributed by atoms with E-state index in [4.69, 9.17) is 0 Å². The SMILES string of the molecule is Cc1c(CCCN2CCN(C)CC2)c2ccccc2n1CC(O)CN1CCCC1. The normalized spacial score (nSPS) is 20.7. The van der Waals surface area contributed by atoms with Crippen LogP contribution in [0.5, 0.6) is 0 Å². The second-order valence-corrected chi connectivity index (χ2v) is 9.10. The molecule has 160 valence electrons. The van der Waals surface area contributed by atoms with Crippen LogP contribution in [0.25, 0.3) is 10.9 Å². The number of fused-ring (bicyclic) bond motifs is 1. The Morgan fingerprint density at radius 3 is 2.41 bits per heavy atom. The summed E-state index contributed by atoms with van der Waals surface area (Å²) in [5.74, 6) is 0. The van der Waals surface area contributed by atoms with Crippen LogP contribution < -0.4 is 0 Å². The quantitative estimate of drug-likeness (QED) is 0.741. The van der Waals surface area contributed by atoms with Gasteiger partial charge in [0, 0.05) is 49.3 Å². The highest BCUT2D eigenvalue weighted by molar-refractivity contribution is 5.85. The number of likely N-dealkylation sites (tertiary alicyclic amines) is 1. The van der Waals surface area contributed by atoms with Crippen LogP contribution in [0.2, 0.25) is 0 Å². The van der Waals surface area contributed by atoms with Crippen LogP contribution in [-0.2, 0) is 13.0 Å². The largest absolute Gasteiger partial charge is 0.390 e. The van der Waals surface area contributed by atoms with E-state index < -0.39 is 0 Å². The molecular formula is C24H38N4O. The van der Waals surface area contributed by atoms with Crippen LogP contribution in [0.15, 0.2) is 24.3 Å². The van der Waals surface area contributed by atoms with E-state index in [2.05, 4.69) is 57.5 Å². The van der Waals surface area contributed by atoms with Crippen molar-refractivity contribution in [1.29, 1.82) is 0 Å². The number of aryl methyl sites for hydroxylation is 1. The monoisotopic (exact) mass is 398 g/mol. The van der Waals surface area contributed by atoms with E-state index in [9.17, 15) is 5.11 Å². The fourth-order valence-corrected chi connectivity index (χ4v) is 5.14. The van der Waals surface area contributed by atoms with Crippen molar-refractivity contribution in [3.05, 3.63) is 35.5 Å². The van der Waals surface area contributed by atoms with Gasteiger partial charge in [0.25, 0.3) is 0 Å². The Balaban J connectivity index is 1.42. The molecule has 0 spiro atoms. The van der Waals surface area contributed by atoms with Crippen LogP contribution in [0.1, 0.15) is 30.5 Å². The van der Waals surface area contributed by atoms with Gasteiger partial charge in [-0.05, 0) is 70.9 Å². The van der Waals surface area contributed by atoms with Gasteiger partial charge in [-0.3, -0.25) is 0 Å². The van der Waals surface area contributed by atoms with E-state index in [0.717, 1.165) is 26.1 Å². The van der Waals surface area contributed by atoms with Crippen molar-refractivity contribution >= 4 is 10.9 Å². The minimum absolute atomic E-state index is 0.305. The topological polar surface area (TPSA) is 34.9 Å².